The van der Waals surface area contributed by atoms with Gasteiger partial charge < -0.3 is 4.43 Å². The number of allylic oxidation sites excluding steroid dienone is 2. The summed E-state index contributed by atoms with van der Waals surface area (Å²) in [5.41, 5.74) is 0. The average molecular weight is 240 g/mol. The van der Waals surface area contributed by atoms with Crippen molar-refractivity contribution >= 4 is 8.32 Å². The number of hydrogen-bond donors (Lipinski definition) is 0. The highest BCUT2D eigenvalue weighted by atomic mass is 28.4. The summed E-state index contributed by atoms with van der Waals surface area (Å²) in [4.78, 5) is 0. The minimum atomic E-state index is -1.60. The second-order valence-electron chi connectivity index (χ2n) is 6.49. The first-order valence-electron chi connectivity index (χ1n) is 6.71. The molecule has 0 radical (unpaired) electrons. The molecule has 1 aliphatic carbocycles. The van der Waals surface area contributed by atoms with Gasteiger partial charge in [0.05, 0.1) is 5.76 Å². The van der Waals surface area contributed by atoms with Gasteiger partial charge in [-0.1, -0.05) is 33.6 Å². The van der Waals surface area contributed by atoms with Crippen LogP contribution in [0.2, 0.25) is 18.1 Å². The highest BCUT2D eigenvalue weighted by Gasteiger charge is 2.39. The standard InChI is InChI=1S/C14H28OSi/c1-14(2,3)16(4,5)15-13-11-9-7-6-8-10-12-13/h11H,6-10,12H2,1-5H3/b13-11+. The van der Waals surface area contributed by atoms with Crippen LogP contribution in [0.4, 0.5) is 0 Å². The highest BCUT2D eigenvalue weighted by Crippen LogP contribution is 2.38. The molecule has 1 nitrogen and oxygen atoms in total. The Morgan fingerprint density at radius 1 is 1.06 bits per heavy atom. The van der Waals surface area contributed by atoms with Gasteiger partial charge in [-0.2, -0.15) is 0 Å². The fraction of sp³-hybridized carbons (Fsp3) is 0.857. The van der Waals surface area contributed by atoms with Crippen molar-refractivity contribution in [3.05, 3.63) is 11.8 Å². The molecular formula is C14H28OSi. The summed E-state index contributed by atoms with van der Waals surface area (Å²) in [6, 6.07) is 0. The fourth-order valence-electron chi connectivity index (χ4n) is 1.74. The molecule has 0 N–H and O–H groups in total. The van der Waals surface area contributed by atoms with Crippen molar-refractivity contribution in [1.82, 2.24) is 0 Å². The molecule has 1 aliphatic rings. The fourth-order valence-corrected chi connectivity index (χ4v) is 2.88. The zero-order chi connectivity index (χ0) is 12.2. The first kappa shape index (κ1) is 13.8. The third kappa shape index (κ3) is 3.97. The van der Waals surface area contributed by atoms with Gasteiger partial charge in [0.1, 0.15) is 0 Å². The maximum atomic E-state index is 6.38. The van der Waals surface area contributed by atoms with Crippen LogP contribution in [-0.2, 0) is 4.43 Å². The Balaban J connectivity index is 2.64. The molecule has 2 heteroatoms. The smallest absolute Gasteiger partial charge is 0.250 e. The van der Waals surface area contributed by atoms with Crippen LogP contribution in [0.3, 0.4) is 0 Å². The molecule has 0 bridgehead atoms. The summed E-state index contributed by atoms with van der Waals surface area (Å²) in [5, 5.41) is 0.316. The molecule has 0 saturated carbocycles. The lowest BCUT2D eigenvalue weighted by Crippen LogP contribution is -2.40. The zero-order valence-electron chi connectivity index (χ0n) is 11.7. The molecular weight excluding hydrogens is 212 g/mol. The van der Waals surface area contributed by atoms with E-state index in [9.17, 15) is 0 Å². The van der Waals surface area contributed by atoms with Gasteiger partial charge >= 0.3 is 0 Å². The van der Waals surface area contributed by atoms with Crippen LogP contribution < -0.4 is 0 Å². The van der Waals surface area contributed by atoms with E-state index in [1.165, 1.54) is 37.9 Å². The minimum Gasteiger partial charge on any atom is -0.547 e. The van der Waals surface area contributed by atoms with Gasteiger partial charge in [0.15, 0.2) is 0 Å². The molecule has 0 aromatic carbocycles. The Kier molecular flexibility index (Phi) is 4.66. The Morgan fingerprint density at radius 2 is 1.69 bits per heavy atom. The molecule has 0 aliphatic heterocycles. The van der Waals surface area contributed by atoms with E-state index in [0.717, 1.165) is 6.42 Å². The molecule has 0 amide bonds. The zero-order valence-corrected chi connectivity index (χ0v) is 12.7. The van der Waals surface area contributed by atoms with Gasteiger partial charge in [0.25, 0.3) is 0 Å². The molecule has 0 fully saturated rings. The lowest BCUT2D eigenvalue weighted by molar-refractivity contribution is 0.354. The molecule has 16 heavy (non-hydrogen) atoms. The molecule has 0 unspecified atom stereocenters. The van der Waals surface area contributed by atoms with E-state index < -0.39 is 8.32 Å². The van der Waals surface area contributed by atoms with Crippen molar-refractivity contribution in [3.63, 3.8) is 0 Å². The molecule has 0 saturated heterocycles. The van der Waals surface area contributed by atoms with Crippen molar-refractivity contribution in [1.29, 1.82) is 0 Å². The summed E-state index contributed by atoms with van der Waals surface area (Å²) in [5.74, 6) is 1.28. The molecule has 94 valence electrons. The summed E-state index contributed by atoms with van der Waals surface area (Å²) in [7, 11) is -1.60. The van der Waals surface area contributed by atoms with E-state index in [0.29, 0.717) is 5.04 Å². The van der Waals surface area contributed by atoms with Crippen LogP contribution in [0.15, 0.2) is 11.8 Å². The molecule has 0 spiro atoms. The van der Waals surface area contributed by atoms with Crippen LogP contribution in [0, 0.1) is 0 Å². The van der Waals surface area contributed by atoms with Crippen molar-refractivity contribution in [2.45, 2.75) is 77.4 Å². The molecule has 0 heterocycles. The van der Waals surface area contributed by atoms with Crippen molar-refractivity contribution < 1.29 is 4.43 Å². The quantitative estimate of drug-likeness (QED) is 0.599. The van der Waals surface area contributed by atoms with Gasteiger partial charge in [0, 0.05) is 6.42 Å². The van der Waals surface area contributed by atoms with Crippen LogP contribution in [0.25, 0.3) is 0 Å². The maximum Gasteiger partial charge on any atom is 0.250 e. The van der Waals surface area contributed by atoms with Crippen molar-refractivity contribution in [2.75, 3.05) is 0 Å². The van der Waals surface area contributed by atoms with E-state index in [4.69, 9.17) is 4.43 Å². The van der Waals surface area contributed by atoms with Gasteiger partial charge in [-0.05, 0) is 43.5 Å². The second kappa shape index (κ2) is 5.39. The first-order valence-corrected chi connectivity index (χ1v) is 9.62. The molecule has 1 rings (SSSR count). The summed E-state index contributed by atoms with van der Waals surface area (Å²) in [6.45, 7) is 11.6. The SMILES string of the molecule is CC(C)(C)[Si](C)(C)O/C1=C/CCCCCC1. The topological polar surface area (TPSA) is 9.23 Å². The predicted octanol–water partition coefficient (Wildman–Crippen LogP) is 5.25. The predicted molar refractivity (Wildman–Crippen MR) is 74.1 cm³/mol. The normalized spacial score (nSPS) is 22.9. The maximum absolute atomic E-state index is 6.38. The Bertz CT molecular complexity index is 248. The Morgan fingerprint density at radius 3 is 2.31 bits per heavy atom. The third-order valence-electron chi connectivity index (χ3n) is 3.94. The van der Waals surface area contributed by atoms with Gasteiger partial charge in [0.2, 0.25) is 8.32 Å². The Hall–Kier alpha value is -0.243. The highest BCUT2D eigenvalue weighted by molar-refractivity contribution is 6.74. The van der Waals surface area contributed by atoms with Gasteiger partial charge in [-0.25, -0.2) is 0 Å². The lowest BCUT2D eigenvalue weighted by atomic mass is 10.1. The summed E-state index contributed by atoms with van der Waals surface area (Å²) in [6.07, 6.45) is 10.1. The molecule has 0 aromatic heterocycles. The average Bonchev–Trinajstić information content (AvgIpc) is 2.07. The minimum absolute atomic E-state index is 0.316. The van der Waals surface area contributed by atoms with E-state index in [-0.39, 0.29) is 0 Å². The van der Waals surface area contributed by atoms with E-state index in [1.807, 2.05) is 0 Å². The summed E-state index contributed by atoms with van der Waals surface area (Å²) >= 11 is 0. The molecule has 0 aromatic rings. The van der Waals surface area contributed by atoms with Gasteiger partial charge in [-0.15, -0.1) is 0 Å². The monoisotopic (exact) mass is 240 g/mol. The third-order valence-corrected chi connectivity index (χ3v) is 8.33. The number of hydrogen-bond acceptors (Lipinski definition) is 1. The van der Waals surface area contributed by atoms with Crippen LogP contribution in [-0.4, -0.2) is 8.32 Å². The van der Waals surface area contributed by atoms with Crippen molar-refractivity contribution in [3.8, 4) is 0 Å². The van der Waals surface area contributed by atoms with E-state index >= 15 is 0 Å². The lowest BCUT2D eigenvalue weighted by Gasteiger charge is -2.37. The Labute approximate surface area is 102 Å². The molecule has 0 atom stereocenters. The summed E-state index contributed by atoms with van der Waals surface area (Å²) < 4.78 is 6.38. The first-order chi connectivity index (χ1) is 7.33. The van der Waals surface area contributed by atoms with E-state index in [1.54, 1.807) is 0 Å². The van der Waals surface area contributed by atoms with Crippen LogP contribution >= 0.6 is 0 Å². The number of rotatable bonds is 2. The largest absolute Gasteiger partial charge is 0.547 e. The van der Waals surface area contributed by atoms with E-state index in [2.05, 4.69) is 39.9 Å². The van der Waals surface area contributed by atoms with Crippen LogP contribution in [0.5, 0.6) is 0 Å². The van der Waals surface area contributed by atoms with Crippen LogP contribution in [0.1, 0.15) is 59.3 Å². The van der Waals surface area contributed by atoms with Gasteiger partial charge in [-0.3, -0.25) is 0 Å². The second-order valence-corrected chi connectivity index (χ2v) is 11.2. The van der Waals surface area contributed by atoms with Crippen molar-refractivity contribution in [2.24, 2.45) is 0 Å².